The van der Waals surface area contributed by atoms with Gasteiger partial charge < -0.3 is 14.3 Å². The molecule has 1 aromatic carbocycles. The first-order valence-electron chi connectivity index (χ1n) is 9.54. The molecule has 1 rings (SSSR count). The molecule has 0 radical (unpaired) electrons. The molecule has 0 amide bonds. The van der Waals surface area contributed by atoms with E-state index in [2.05, 4.69) is 34.9 Å². The van der Waals surface area contributed by atoms with Crippen LogP contribution in [0, 0.1) is 0 Å². The zero-order valence-electron chi connectivity index (χ0n) is 17.1. The average Bonchev–Trinajstić information content (AvgIpc) is 2.60. The molecular formula is C21H30BrCl2NO3. The number of halogens is 3. The Labute approximate surface area is 187 Å². The molecule has 158 valence electrons. The van der Waals surface area contributed by atoms with Gasteiger partial charge in [0.1, 0.15) is 29.2 Å². The van der Waals surface area contributed by atoms with Gasteiger partial charge in [-0.15, -0.1) is 0 Å². The van der Waals surface area contributed by atoms with Gasteiger partial charge in [-0.05, 0) is 79.6 Å². The van der Waals surface area contributed by atoms with Gasteiger partial charge in [-0.3, -0.25) is 0 Å². The summed E-state index contributed by atoms with van der Waals surface area (Å²) < 4.78 is 12.9. The molecule has 0 N–H and O–H groups in total. The van der Waals surface area contributed by atoms with Crippen LogP contribution in [0.2, 0.25) is 0 Å². The number of hydrogen-bond donors (Lipinski definition) is 0. The summed E-state index contributed by atoms with van der Waals surface area (Å²) in [4.78, 5) is 5.20. The highest BCUT2D eigenvalue weighted by molar-refractivity contribution is 9.10. The predicted octanol–water partition coefficient (Wildman–Crippen LogP) is 7.62. The van der Waals surface area contributed by atoms with Gasteiger partial charge in [0.05, 0.1) is 16.8 Å². The van der Waals surface area contributed by atoms with E-state index in [-0.39, 0.29) is 4.49 Å². The molecule has 0 heterocycles. The molecule has 0 saturated carbocycles. The summed E-state index contributed by atoms with van der Waals surface area (Å²) in [7, 11) is 0. The molecule has 7 heteroatoms. The predicted molar refractivity (Wildman–Crippen MR) is 122 cm³/mol. The third-order valence-electron chi connectivity index (χ3n) is 3.78. The molecule has 28 heavy (non-hydrogen) atoms. The number of nitrogens with zero attached hydrogens (tertiary/aromatic N) is 1. The number of oxime groups is 1. The molecule has 4 nitrogen and oxygen atoms in total. The van der Waals surface area contributed by atoms with Crippen LogP contribution in [0.15, 0.2) is 32.3 Å². The molecule has 0 aliphatic rings. The van der Waals surface area contributed by atoms with Gasteiger partial charge in [0.2, 0.25) is 0 Å². The van der Waals surface area contributed by atoms with Crippen LogP contribution >= 0.6 is 39.1 Å². The van der Waals surface area contributed by atoms with Crippen LogP contribution in [-0.4, -0.2) is 25.5 Å². The van der Waals surface area contributed by atoms with Crippen LogP contribution in [0.3, 0.4) is 0 Å². The largest absolute Gasteiger partial charge is 0.492 e. The van der Waals surface area contributed by atoms with Gasteiger partial charge in [0.25, 0.3) is 0 Å². The van der Waals surface area contributed by atoms with E-state index in [1.165, 1.54) is 0 Å². The fourth-order valence-corrected chi connectivity index (χ4v) is 3.12. The molecule has 0 fully saturated rings. The van der Waals surface area contributed by atoms with E-state index in [1.54, 1.807) is 6.08 Å². The smallest absolute Gasteiger partial charge is 0.137 e. The SMILES string of the molecule is CC(C)=NOCCCCCCOc1c(Br)cc(OCC=C(Cl)Cl)cc1C(C)C. The third kappa shape index (κ3) is 10.6. The maximum absolute atomic E-state index is 6.08. The van der Waals surface area contributed by atoms with Gasteiger partial charge in [0, 0.05) is 5.56 Å². The second-order valence-corrected chi connectivity index (χ2v) is 8.78. The lowest BCUT2D eigenvalue weighted by Crippen LogP contribution is -2.04. The van der Waals surface area contributed by atoms with E-state index < -0.39 is 0 Å². The van der Waals surface area contributed by atoms with Crippen molar-refractivity contribution in [3.05, 3.63) is 32.7 Å². The minimum atomic E-state index is 0.197. The maximum Gasteiger partial charge on any atom is 0.137 e. The van der Waals surface area contributed by atoms with Crippen LogP contribution in [0.1, 0.15) is 64.9 Å². The Balaban J connectivity index is 2.49. The molecule has 0 aliphatic heterocycles. The Morgan fingerprint density at radius 3 is 2.36 bits per heavy atom. The van der Waals surface area contributed by atoms with Crippen molar-refractivity contribution >= 4 is 44.8 Å². The highest BCUT2D eigenvalue weighted by atomic mass is 79.9. The highest BCUT2D eigenvalue weighted by Crippen LogP contribution is 2.38. The van der Waals surface area contributed by atoms with Crippen molar-refractivity contribution in [1.82, 2.24) is 0 Å². The van der Waals surface area contributed by atoms with E-state index in [0.717, 1.165) is 52.9 Å². The Bertz CT molecular complexity index is 655. The van der Waals surface area contributed by atoms with Gasteiger partial charge >= 0.3 is 0 Å². The van der Waals surface area contributed by atoms with E-state index >= 15 is 0 Å². The number of rotatable bonds is 13. The van der Waals surface area contributed by atoms with Gasteiger partial charge in [-0.1, -0.05) is 42.2 Å². The first kappa shape index (κ1) is 25.1. The molecule has 1 aromatic rings. The summed E-state index contributed by atoms with van der Waals surface area (Å²) in [6.07, 6.45) is 5.81. The molecule has 0 saturated heterocycles. The van der Waals surface area contributed by atoms with Gasteiger partial charge in [0.15, 0.2) is 0 Å². The molecular weight excluding hydrogens is 465 g/mol. The first-order valence-corrected chi connectivity index (χ1v) is 11.1. The maximum atomic E-state index is 6.08. The van der Waals surface area contributed by atoms with E-state index in [0.29, 0.717) is 25.7 Å². The normalized spacial score (nSPS) is 10.6. The van der Waals surface area contributed by atoms with E-state index in [4.69, 9.17) is 37.5 Å². The van der Waals surface area contributed by atoms with Crippen LogP contribution in [-0.2, 0) is 4.84 Å². The fourth-order valence-electron chi connectivity index (χ4n) is 2.43. The summed E-state index contributed by atoms with van der Waals surface area (Å²) in [6, 6.07) is 3.92. The summed E-state index contributed by atoms with van der Waals surface area (Å²) in [5.74, 6) is 1.94. The van der Waals surface area contributed by atoms with Crippen molar-refractivity contribution < 1.29 is 14.3 Å². The van der Waals surface area contributed by atoms with Crippen molar-refractivity contribution in [2.24, 2.45) is 5.16 Å². The van der Waals surface area contributed by atoms with Crippen LogP contribution in [0.25, 0.3) is 0 Å². The number of hydrogen-bond acceptors (Lipinski definition) is 4. The Kier molecular flexibility index (Phi) is 12.7. The molecule has 0 bridgehead atoms. The topological polar surface area (TPSA) is 40.0 Å². The van der Waals surface area contributed by atoms with Crippen LogP contribution < -0.4 is 9.47 Å². The van der Waals surface area contributed by atoms with Crippen molar-refractivity contribution in [1.29, 1.82) is 0 Å². The molecule has 0 unspecified atom stereocenters. The molecule has 0 aromatic heterocycles. The van der Waals surface area contributed by atoms with E-state index in [1.807, 2.05) is 26.0 Å². The number of benzene rings is 1. The first-order chi connectivity index (χ1) is 13.3. The van der Waals surface area contributed by atoms with Gasteiger partial charge in [-0.25, -0.2) is 0 Å². The number of unbranched alkanes of at least 4 members (excludes halogenated alkanes) is 3. The minimum absolute atomic E-state index is 0.197. The lowest BCUT2D eigenvalue weighted by atomic mass is 10.0. The Hall–Kier alpha value is -0.910. The fraction of sp³-hybridized carbons (Fsp3) is 0.571. The molecule has 0 atom stereocenters. The monoisotopic (exact) mass is 493 g/mol. The zero-order valence-corrected chi connectivity index (χ0v) is 20.2. The highest BCUT2D eigenvalue weighted by Gasteiger charge is 2.14. The van der Waals surface area contributed by atoms with Crippen molar-refractivity contribution in [2.75, 3.05) is 19.8 Å². The van der Waals surface area contributed by atoms with Crippen molar-refractivity contribution in [3.8, 4) is 11.5 Å². The molecule has 0 spiro atoms. The second-order valence-electron chi connectivity index (χ2n) is 6.92. The zero-order chi connectivity index (χ0) is 20.9. The van der Waals surface area contributed by atoms with Crippen LogP contribution in [0.5, 0.6) is 11.5 Å². The van der Waals surface area contributed by atoms with Crippen molar-refractivity contribution in [2.45, 2.75) is 59.3 Å². The average molecular weight is 495 g/mol. The summed E-state index contributed by atoms with van der Waals surface area (Å²) in [5.41, 5.74) is 2.04. The molecule has 0 aliphatic carbocycles. The third-order valence-corrected chi connectivity index (χ3v) is 4.68. The number of ether oxygens (including phenoxy) is 2. The second kappa shape index (κ2) is 14.1. The van der Waals surface area contributed by atoms with Gasteiger partial charge in [-0.2, -0.15) is 0 Å². The standard InChI is InChI=1S/C21H30BrCl2NO3/c1-15(2)18-13-17(26-12-9-20(23)24)14-19(22)21(18)27-10-7-5-6-8-11-28-25-16(3)4/h9,13-15H,5-8,10-12H2,1-4H3. The lowest BCUT2D eigenvalue weighted by molar-refractivity contribution is 0.139. The summed E-state index contributed by atoms with van der Waals surface area (Å²) in [6.45, 7) is 9.78. The minimum Gasteiger partial charge on any atom is -0.492 e. The van der Waals surface area contributed by atoms with Crippen LogP contribution in [0.4, 0.5) is 0 Å². The van der Waals surface area contributed by atoms with Crippen molar-refractivity contribution in [3.63, 3.8) is 0 Å². The quantitative estimate of drug-likeness (QED) is 0.161. The summed E-state index contributed by atoms with van der Waals surface area (Å²) in [5, 5.41) is 3.93. The Morgan fingerprint density at radius 2 is 1.75 bits per heavy atom. The van der Waals surface area contributed by atoms with E-state index in [9.17, 15) is 0 Å². The lowest BCUT2D eigenvalue weighted by Gasteiger charge is -2.18. The summed E-state index contributed by atoms with van der Waals surface area (Å²) >= 11 is 14.8. The Morgan fingerprint density at radius 1 is 1.07 bits per heavy atom.